The monoisotopic (exact) mass is 321 g/mol. The first-order chi connectivity index (χ1) is 10.6. The van der Waals surface area contributed by atoms with Gasteiger partial charge in [-0.3, -0.25) is 0 Å². The van der Waals surface area contributed by atoms with Gasteiger partial charge in [0, 0.05) is 29.8 Å². The van der Waals surface area contributed by atoms with Crippen LogP contribution >= 0.6 is 0 Å². The molecule has 3 nitrogen and oxygen atoms in total. The van der Waals surface area contributed by atoms with E-state index in [1.165, 1.54) is 0 Å². The van der Waals surface area contributed by atoms with Crippen molar-refractivity contribution in [3.05, 3.63) is 12.7 Å². The Bertz CT molecular complexity index is 465. The molecular weight excluding hydrogens is 286 g/mol. The normalized spacial score (nSPS) is 48.3. The molecule has 1 saturated heterocycles. The minimum atomic E-state index is -0.424. The van der Waals surface area contributed by atoms with Crippen molar-refractivity contribution in [3.8, 4) is 0 Å². The number of fused-ring (bicyclic) bond motifs is 2. The van der Waals surface area contributed by atoms with Gasteiger partial charge in [0.05, 0.1) is 6.10 Å². The zero-order valence-corrected chi connectivity index (χ0v) is 15.6. The lowest BCUT2D eigenvalue weighted by molar-refractivity contribution is -0.142. The van der Waals surface area contributed by atoms with Crippen molar-refractivity contribution in [2.24, 2.45) is 22.7 Å². The van der Waals surface area contributed by atoms with Crippen LogP contribution in [0.25, 0.3) is 0 Å². The van der Waals surface area contributed by atoms with E-state index in [4.69, 9.17) is 0 Å². The first kappa shape index (κ1) is 18.7. The second kappa shape index (κ2) is 6.33. The van der Waals surface area contributed by atoms with Crippen LogP contribution in [0.1, 0.15) is 59.8 Å². The smallest absolute Gasteiger partial charge is 0.120 e. The van der Waals surface area contributed by atoms with Gasteiger partial charge in [0.1, 0.15) is 6.29 Å². The number of carbonyl (C=O) groups is 1. The average molecular weight is 322 g/mol. The Labute approximate surface area is 142 Å². The molecule has 0 aromatic rings. The SMILES string of the molecule is C=C[C@]1(C)CC[C@@]2(C)CC(CCC=O)([C@@H](C)C1O)N(C)CC2C. The number of aliphatic hydroxyl groups is 1. The van der Waals surface area contributed by atoms with Crippen molar-refractivity contribution in [2.45, 2.75) is 71.4 Å². The van der Waals surface area contributed by atoms with Gasteiger partial charge < -0.3 is 14.8 Å². The molecule has 1 aliphatic heterocycles. The zero-order valence-electron chi connectivity index (χ0n) is 15.6. The van der Waals surface area contributed by atoms with Gasteiger partial charge in [-0.2, -0.15) is 0 Å². The molecule has 0 aromatic heterocycles. The summed E-state index contributed by atoms with van der Waals surface area (Å²) in [6.45, 7) is 14.1. The number of hydrogen-bond acceptors (Lipinski definition) is 3. The molecule has 2 rings (SSSR count). The molecule has 2 fully saturated rings. The summed E-state index contributed by atoms with van der Waals surface area (Å²) >= 11 is 0. The number of aliphatic hydroxyl groups excluding tert-OH is 1. The summed E-state index contributed by atoms with van der Waals surface area (Å²) in [6.07, 6.45) is 7.12. The highest BCUT2D eigenvalue weighted by Gasteiger charge is 2.56. The standard InChI is InChI=1S/C20H35NO2/c1-7-18(4)10-11-19(5)14-20(9-8-12-22,16(3)17(18)23)21(6)13-15(19)2/h7,12,15-17,23H,1,8-11,13-14H2,2-6H3/t15?,16-,17?,18+,19-,20?/m0/s1. The number of hydrogen-bond donors (Lipinski definition) is 1. The first-order valence-corrected chi connectivity index (χ1v) is 9.12. The summed E-state index contributed by atoms with van der Waals surface area (Å²) in [7, 11) is 2.18. The van der Waals surface area contributed by atoms with Crippen LogP contribution in [-0.4, -0.2) is 41.5 Å². The van der Waals surface area contributed by atoms with Crippen LogP contribution in [0.3, 0.4) is 0 Å². The summed E-state index contributed by atoms with van der Waals surface area (Å²) in [4.78, 5) is 13.5. The van der Waals surface area contributed by atoms with Gasteiger partial charge in [0.25, 0.3) is 0 Å². The van der Waals surface area contributed by atoms with Crippen molar-refractivity contribution in [1.82, 2.24) is 4.90 Å². The third kappa shape index (κ3) is 2.91. The molecule has 1 aliphatic carbocycles. The predicted octanol–water partition coefficient (Wildman–Crippen LogP) is 3.67. The number of piperidine rings is 1. The van der Waals surface area contributed by atoms with Gasteiger partial charge in [-0.1, -0.05) is 33.8 Å². The van der Waals surface area contributed by atoms with E-state index in [9.17, 15) is 9.90 Å². The van der Waals surface area contributed by atoms with Crippen molar-refractivity contribution in [3.63, 3.8) is 0 Å². The lowest BCUT2D eigenvalue weighted by Crippen LogP contribution is -2.65. The molecule has 6 atom stereocenters. The Morgan fingerprint density at radius 1 is 1.30 bits per heavy atom. The number of carbonyl (C=O) groups excluding carboxylic acids is 1. The average Bonchev–Trinajstić information content (AvgIpc) is 2.53. The molecule has 0 amide bonds. The Kier molecular flexibility index (Phi) is 5.13. The van der Waals surface area contributed by atoms with E-state index < -0.39 is 6.10 Å². The largest absolute Gasteiger partial charge is 0.392 e. The topological polar surface area (TPSA) is 40.5 Å². The molecule has 3 heteroatoms. The summed E-state index contributed by atoms with van der Waals surface area (Å²) < 4.78 is 0. The van der Waals surface area contributed by atoms with E-state index >= 15 is 0 Å². The minimum absolute atomic E-state index is 0.105. The molecule has 2 bridgehead atoms. The fraction of sp³-hybridized carbons (Fsp3) is 0.850. The summed E-state index contributed by atoms with van der Waals surface area (Å²) in [6, 6.07) is 0. The lowest BCUT2D eigenvalue weighted by atomic mass is 9.53. The van der Waals surface area contributed by atoms with Crippen LogP contribution in [0.4, 0.5) is 0 Å². The molecule has 0 aromatic carbocycles. The van der Waals surface area contributed by atoms with Crippen LogP contribution in [0.15, 0.2) is 12.7 Å². The van der Waals surface area contributed by atoms with Crippen molar-refractivity contribution in [1.29, 1.82) is 0 Å². The Hall–Kier alpha value is -0.670. The van der Waals surface area contributed by atoms with Crippen LogP contribution in [-0.2, 0) is 4.79 Å². The minimum Gasteiger partial charge on any atom is -0.392 e. The van der Waals surface area contributed by atoms with E-state index in [1.807, 2.05) is 6.08 Å². The van der Waals surface area contributed by atoms with E-state index in [-0.39, 0.29) is 22.3 Å². The summed E-state index contributed by atoms with van der Waals surface area (Å²) in [5.74, 6) is 0.732. The number of likely N-dealkylation sites (tertiary alicyclic amines) is 1. The fourth-order valence-corrected chi connectivity index (χ4v) is 5.27. The van der Waals surface area contributed by atoms with Gasteiger partial charge in [0.15, 0.2) is 0 Å². The summed E-state index contributed by atoms with van der Waals surface area (Å²) in [5, 5.41) is 11.2. The lowest BCUT2D eigenvalue weighted by Gasteiger charge is -2.62. The third-order valence-corrected chi connectivity index (χ3v) is 7.60. The van der Waals surface area contributed by atoms with E-state index in [0.717, 1.165) is 38.5 Å². The van der Waals surface area contributed by atoms with Crippen molar-refractivity contribution < 1.29 is 9.90 Å². The maximum absolute atomic E-state index is 11.2. The van der Waals surface area contributed by atoms with E-state index in [0.29, 0.717) is 12.3 Å². The van der Waals surface area contributed by atoms with Crippen molar-refractivity contribution in [2.75, 3.05) is 13.6 Å². The molecule has 23 heavy (non-hydrogen) atoms. The number of rotatable bonds is 4. The molecule has 1 saturated carbocycles. The predicted molar refractivity (Wildman–Crippen MR) is 95.3 cm³/mol. The van der Waals surface area contributed by atoms with Gasteiger partial charge >= 0.3 is 0 Å². The van der Waals surface area contributed by atoms with Gasteiger partial charge in [-0.25, -0.2) is 0 Å². The first-order valence-electron chi connectivity index (χ1n) is 9.12. The highest BCUT2D eigenvalue weighted by molar-refractivity contribution is 5.49. The molecule has 3 unspecified atom stereocenters. The third-order valence-electron chi connectivity index (χ3n) is 7.60. The molecular formula is C20H35NO2. The van der Waals surface area contributed by atoms with E-state index in [1.54, 1.807) is 0 Å². The number of nitrogens with zero attached hydrogens (tertiary/aromatic N) is 1. The maximum Gasteiger partial charge on any atom is 0.120 e. The second-order valence-electron chi connectivity index (χ2n) is 8.86. The van der Waals surface area contributed by atoms with Crippen molar-refractivity contribution >= 4 is 6.29 Å². The van der Waals surface area contributed by atoms with Crippen LogP contribution in [0.2, 0.25) is 0 Å². The molecule has 1 N–H and O–H groups in total. The second-order valence-corrected chi connectivity index (χ2v) is 8.86. The molecule has 1 heterocycles. The van der Waals surface area contributed by atoms with Gasteiger partial charge in [0.2, 0.25) is 0 Å². The number of aldehydes is 1. The quantitative estimate of drug-likeness (QED) is 0.634. The van der Waals surface area contributed by atoms with Gasteiger partial charge in [-0.05, 0) is 44.1 Å². The highest BCUT2D eigenvalue weighted by Crippen LogP contribution is 2.56. The molecule has 0 spiro atoms. The van der Waals surface area contributed by atoms with Crippen LogP contribution in [0, 0.1) is 22.7 Å². The highest BCUT2D eigenvalue weighted by atomic mass is 16.3. The maximum atomic E-state index is 11.2. The molecule has 2 aliphatic rings. The zero-order chi connectivity index (χ0) is 17.5. The molecule has 132 valence electrons. The Morgan fingerprint density at radius 2 is 1.96 bits per heavy atom. The Balaban J connectivity index is 2.52. The van der Waals surface area contributed by atoms with E-state index in [2.05, 4.69) is 46.2 Å². The molecule has 0 radical (unpaired) electrons. The summed E-state index contributed by atoms with van der Waals surface area (Å²) in [5.41, 5.74) is -0.105. The van der Waals surface area contributed by atoms with Crippen LogP contribution in [0.5, 0.6) is 0 Å². The van der Waals surface area contributed by atoms with Gasteiger partial charge in [-0.15, -0.1) is 6.58 Å². The fourth-order valence-electron chi connectivity index (χ4n) is 5.27. The van der Waals surface area contributed by atoms with Crippen LogP contribution < -0.4 is 0 Å². The Morgan fingerprint density at radius 3 is 2.52 bits per heavy atom.